The van der Waals surface area contributed by atoms with Crippen molar-refractivity contribution in [1.82, 2.24) is 4.72 Å². The summed E-state index contributed by atoms with van der Waals surface area (Å²) >= 11 is 14.9. The number of halogens is 3. The average Bonchev–Trinajstić information content (AvgIpc) is 2.30. The summed E-state index contributed by atoms with van der Waals surface area (Å²) in [5.74, 6) is 0. The number of hydrogen-bond donors (Lipinski definition) is 1. The molecule has 0 saturated heterocycles. The molecule has 0 aliphatic carbocycles. The largest absolute Gasteiger partial charge is 0.240 e. The van der Waals surface area contributed by atoms with E-state index < -0.39 is 10.0 Å². The first kappa shape index (κ1) is 16.2. The van der Waals surface area contributed by atoms with Crippen LogP contribution >= 0.6 is 39.1 Å². The van der Waals surface area contributed by atoms with E-state index in [1.807, 2.05) is 13.8 Å². The molecule has 102 valence electrons. The van der Waals surface area contributed by atoms with Crippen LogP contribution in [0.25, 0.3) is 0 Å². The lowest BCUT2D eigenvalue weighted by Gasteiger charge is -2.21. The van der Waals surface area contributed by atoms with Crippen molar-refractivity contribution in [2.75, 3.05) is 11.9 Å². The molecule has 0 atom stereocenters. The fourth-order valence-electron chi connectivity index (χ4n) is 1.06. The minimum Gasteiger partial charge on any atom is -0.211 e. The molecule has 3 nitrogen and oxygen atoms in total. The third kappa shape index (κ3) is 4.38. The Morgan fingerprint density at radius 1 is 1.28 bits per heavy atom. The van der Waals surface area contributed by atoms with Crippen LogP contribution in [0.15, 0.2) is 23.1 Å². The van der Waals surface area contributed by atoms with Crippen LogP contribution in [-0.4, -0.2) is 20.3 Å². The number of rotatable bonds is 5. The Labute approximate surface area is 126 Å². The molecule has 0 aromatic heterocycles. The molecular weight excluding hydrogens is 361 g/mol. The van der Waals surface area contributed by atoms with Crippen LogP contribution in [0.3, 0.4) is 0 Å². The lowest BCUT2D eigenvalue weighted by atomic mass is 9.98. The quantitative estimate of drug-likeness (QED) is 0.798. The molecule has 1 aromatic carbocycles. The molecule has 1 aromatic rings. The van der Waals surface area contributed by atoms with Crippen molar-refractivity contribution in [3.8, 4) is 0 Å². The maximum atomic E-state index is 12.0. The van der Waals surface area contributed by atoms with Crippen LogP contribution in [0.1, 0.15) is 13.8 Å². The number of sulfonamides is 1. The third-order valence-corrected chi connectivity index (χ3v) is 5.96. The van der Waals surface area contributed by atoms with Crippen molar-refractivity contribution >= 4 is 49.2 Å². The minimum atomic E-state index is -3.56. The van der Waals surface area contributed by atoms with Gasteiger partial charge in [-0.1, -0.05) is 53.0 Å². The lowest BCUT2D eigenvalue weighted by Crippen LogP contribution is -2.34. The molecule has 0 heterocycles. The summed E-state index contributed by atoms with van der Waals surface area (Å²) in [5.41, 5.74) is -0.163. The second-order valence-corrected chi connectivity index (χ2v) is 7.84. The minimum absolute atomic E-state index is 0.113. The maximum Gasteiger partial charge on any atom is 0.240 e. The van der Waals surface area contributed by atoms with Gasteiger partial charge in [0.1, 0.15) is 0 Å². The summed E-state index contributed by atoms with van der Waals surface area (Å²) in [6, 6.07) is 4.24. The van der Waals surface area contributed by atoms with Gasteiger partial charge >= 0.3 is 0 Å². The SMILES string of the molecule is CC(C)(CBr)CNS(=O)(=O)c1ccc(Cl)c(Cl)c1. The van der Waals surface area contributed by atoms with Crippen molar-refractivity contribution in [2.24, 2.45) is 5.41 Å². The van der Waals surface area contributed by atoms with E-state index in [0.717, 1.165) is 0 Å². The van der Waals surface area contributed by atoms with Crippen LogP contribution < -0.4 is 4.72 Å². The zero-order valence-corrected chi connectivity index (χ0v) is 13.9. The molecule has 0 bridgehead atoms. The van der Waals surface area contributed by atoms with Crippen LogP contribution in [0.4, 0.5) is 0 Å². The highest BCUT2D eigenvalue weighted by atomic mass is 79.9. The first-order valence-electron chi connectivity index (χ1n) is 5.19. The number of nitrogens with one attached hydrogen (secondary N) is 1. The number of hydrogen-bond acceptors (Lipinski definition) is 2. The van der Waals surface area contributed by atoms with E-state index in [1.165, 1.54) is 18.2 Å². The summed E-state index contributed by atoms with van der Waals surface area (Å²) in [6.07, 6.45) is 0. The number of alkyl halides is 1. The summed E-state index contributed by atoms with van der Waals surface area (Å²) in [6.45, 7) is 4.25. The first-order valence-corrected chi connectivity index (χ1v) is 8.55. The van der Waals surface area contributed by atoms with E-state index in [2.05, 4.69) is 20.7 Å². The Kier molecular flexibility index (Phi) is 5.50. The second-order valence-electron chi connectivity index (χ2n) is 4.70. The molecule has 1 rings (SSSR count). The first-order chi connectivity index (χ1) is 8.18. The molecule has 0 radical (unpaired) electrons. The Hall–Kier alpha value is 0.190. The normalized spacial score (nSPS) is 12.7. The third-order valence-electron chi connectivity index (χ3n) is 2.30. The van der Waals surface area contributed by atoms with Crippen LogP contribution in [0.5, 0.6) is 0 Å². The van der Waals surface area contributed by atoms with Gasteiger partial charge < -0.3 is 0 Å². The van der Waals surface area contributed by atoms with E-state index >= 15 is 0 Å². The molecule has 7 heteroatoms. The zero-order valence-electron chi connectivity index (χ0n) is 10.0. The highest BCUT2D eigenvalue weighted by Crippen LogP contribution is 2.25. The smallest absolute Gasteiger partial charge is 0.211 e. The zero-order chi connectivity index (χ0) is 14.0. The average molecular weight is 375 g/mol. The van der Waals surface area contributed by atoms with Gasteiger partial charge in [-0.3, -0.25) is 0 Å². The van der Waals surface area contributed by atoms with E-state index in [4.69, 9.17) is 23.2 Å². The molecule has 0 spiro atoms. The summed E-state index contributed by atoms with van der Waals surface area (Å²) in [5, 5.41) is 1.25. The fourth-order valence-corrected chi connectivity index (χ4v) is 2.89. The Morgan fingerprint density at radius 3 is 2.39 bits per heavy atom. The van der Waals surface area contributed by atoms with E-state index in [9.17, 15) is 8.42 Å². The van der Waals surface area contributed by atoms with Crippen molar-refractivity contribution in [3.63, 3.8) is 0 Å². The van der Waals surface area contributed by atoms with Gasteiger partial charge in [-0.2, -0.15) is 0 Å². The van der Waals surface area contributed by atoms with Gasteiger partial charge in [-0.05, 0) is 23.6 Å². The van der Waals surface area contributed by atoms with Crippen molar-refractivity contribution < 1.29 is 8.42 Å². The maximum absolute atomic E-state index is 12.0. The lowest BCUT2D eigenvalue weighted by molar-refractivity contribution is 0.420. The van der Waals surface area contributed by atoms with E-state index in [0.29, 0.717) is 16.9 Å². The summed E-state index contributed by atoms with van der Waals surface area (Å²) in [7, 11) is -3.56. The molecular formula is C11H14BrCl2NO2S. The molecule has 0 aliphatic rings. The molecule has 0 fully saturated rings. The van der Waals surface area contributed by atoms with Crippen LogP contribution in [0, 0.1) is 5.41 Å². The fraction of sp³-hybridized carbons (Fsp3) is 0.455. The number of benzene rings is 1. The Balaban J connectivity index is 2.90. The highest BCUT2D eigenvalue weighted by Gasteiger charge is 2.21. The van der Waals surface area contributed by atoms with Gasteiger partial charge in [0, 0.05) is 11.9 Å². The van der Waals surface area contributed by atoms with Gasteiger partial charge in [-0.15, -0.1) is 0 Å². The van der Waals surface area contributed by atoms with Gasteiger partial charge in [0.05, 0.1) is 14.9 Å². The molecule has 0 aliphatic heterocycles. The molecule has 0 amide bonds. The topological polar surface area (TPSA) is 46.2 Å². The predicted octanol–water partition coefficient (Wildman–Crippen LogP) is 3.69. The Morgan fingerprint density at radius 2 is 1.89 bits per heavy atom. The van der Waals surface area contributed by atoms with Gasteiger partial charge in [-0.25, -0.2) is 13.1 Å². The molecule has 0 saturated carbocycles. The highest BCUT2D eigenvalue weighted by molar-refractivity contribution is 9.09. The molecule has 18 heavy (non-hydrogen) atoms. The van der Waals surface area contributed by atoms with E-state index in [-0.39, 0.29) is 15.3 Å². The Bertz CT molecular complexity index is 532. The molecule has 1 N–H and O–H groups in total. The standard InChI is InChI=1S/C11H14BrCl2NO2S/c1-11(2,6-12)7-15-18(16,17)8-3-4-9(13)10(14)5-8/h3-5,15H,6-7H2,1-2H3. The van der Waals surface area contributed by atoms with Gasteiger partial charge in [0.2, 0.25) is 10.0 Å². The monoisotopic (exact) mass is 373 g/mol. The van der Waals surface area contributed by atoms with Gasteiger partial charge in [0.15, 0.2) is 0 Å². The second kappa shape index (κ2) is 6.09. The van der Waals surface area contributed by atoms with Gasteiger partial charge in [0.25, 0.3) is 0 Å². The summed E-state index contributed by atoms with van der Waals surface area (Å²) in [4.78, 5) is 0.113. The van der Waals surface area contributed by atoms with Crippen molar-refractivity contribution in [2.45, 2.75) is 18.7 Å². The van der Waals surface area contributed by atoms with Crippen molar-refractivity contribution in [3.05, 3.63) is 28.2 Å². The molecule has 0 unspecified atom stereocenters. The summed E-state index contributed by atoms with van der Waals surface area (Å²) < 4.78 is 26.6. The predicted molar refractivity (Wildman–Crippen MR) is 79.2 cm³/mol. The van der Waals surface area contributed by atoms with Crippen molar-refractivity contribution in [1.29, 1.82) is 0 Å². The van der Waals surface area contributed by atoms with Crippen LogP contribution in [-0.2, 0) is 10.0 Å². The van der Waals surface area contributed by atoms with E-state index in [1.54, 1.807) is 0 Å². The van der Waals surface area contributed by atoms with Crippen LogP contribution in [0.2, 0.25) is 10.0 Å².